The normalized spacial score (nSPS) is 16.9. The lowest BCUT2D eigenvalue weighted by atomic mass is 9.82. The van der Waals surface area contributed by atoms with Gasteiger partial charge < -0.3 is 9.63 Å². The lowest BCUT2D eigenvalue weighted by molar-refractivity contribution is -0.152. The molecule has 0 bridgehead atoms. The van der Waals surface area contributed by atoms with Crippen LogP contribution in [0.2, 0.25) is 0 Å². The fourth-order valence-electron chi connectivity index (χ4n) is 2.97. The van der Waals surface area contributed by atoms with Gasteiger partial charge >= 0.3 is 5.97 Å². The summed E-state index contributed by atoms with van der Waals surface area (Å²) in [6, 6.07) is 13.2. The van der Waals surface area contributed by atoms with E-state index < -0.39 is 24.7 Å². The van der Waals surface area contributed by atoms with E-state index in [1.54, 1.807) is 56.3 Å². The van der Waals surface area contributed by atoms with Crippen molar-refractivity contribution in [3.8, 4) is 0 Å². The minimum atomic E-state index is -4.39. The Bertz CT molecular complexity index is 772. The second-order valence-corrected chi connectivity index (χ2v) is 8.28. The minimum Gasteiger partial charge on any atom is -0.465 e. The van der Waals surface area contributed by atoms with Crippen molar-refractivity contribution in [2.75, 3.05) is 6.61 Å². The van der Waals surface area contributed by atoms with Crippen LogP contribution in [0.4, 0.5) is 4.39 Å². The molecule has 26 heavy (non-hydrogen) atoms. The van der Waals surface area contributed by atoms with E-state index in [-0.39, 0.29) is 24.9 Å². The maximum atomic E-state index is 15.6. The average Bonchev–Trinajstić information content (AvgIpc) is 2.64. The summed E-state index contributed by atoms with van der Waals surface area (Å²) in [6.07, 6.45) is 0.998. The predicted octanol–water partition coefficient (Wildman–Crippen LogP) is 4.06. The number of carbonyl (C=O) groups excluding carboxylic acids is 1. The number of benzene rings is 1. The third-order valence-electron chi connectivity index (χ3n) is 4.33. The number of carbonyl (C=O) groups is 1. The van der Waals surface area contributed by atoms with E-state index >= 15 is 4.39 Å². The summed E-state index contributed by atoms with van der Waals surface area (Å²) in [5, 5.41) is 0. The van der Waals surface area contributed by atoms with Crippen LogP contribution < -0.4 is 0 Å². The predicted molar refractivity (Wildman–Crippen MR) is 97.7 cm³/mol. The van der Waals surface area contributed by atoms with E-state index in [0.717, 1.165) is 0 Å². The molecule has 5 nitrogen and oxygen atoms in total. The summed E-state index contributed by atoms with van der Waals surface area (Å²) in [4.78, 5) is 27.3. The number of ether oxygens (including phenoxy) is 1. The molecule has 7 heteroatoms. The molecule has 1 N–H and O–H groups in total. The van der Waals surface area contributed by atoms with Gasteiger partial charge in [-0.2, -0.15) is 0 Å². The number of rotatable bonds is 8. The second kappa shape index (κ2) is 8.56. The highest BCUT2D eigenvalue weighted by molar-refractivity contribution is 7.57. The first kappa shape index (κ1) is 20.3. The van der Waals surface area contributed by atoms with Crippen LogP contribution in [-0.2, 0) is 25.7 Å². The summed E-state index contributed by atoms with van der Waals surface area (Å²) >= 11 is 0. The first-order chi connectivity index (χ1) is 12.4. The SMILES string of the molecule is CCOC(=O)C(CC)(c1ccccn1)C(F)P(=O)(O)Cc1ccccc1. The fourth-order valence-corrected chi connectivity index (χ4v) is 4.98. The Morgan fingerprint density at radius 2 is 1.88 bits per heavy atom. The first-order valence-electron chi connectivity index (χ1n) is 8.46. The van der Waals surface area contributed by atoms with Crippen molar-refractivity contribution in [1.29, 1.82) is 0 Å². The van der Waals surface area contributed by atoms with Gasteiger partial charge in [0.25, 0.3) is 0 Å². The van der Waals surface area contributed by atoms with Gasteiger partial charge in [0.05, 0.1) is 18.5 Å². The molecule has 0 spiro atoms. The third-order valence-corrected chi connectivity index (χ3v) is 6.30. The lowest BCUT2D eigenvalue weighted by Gasteiger charge is -2.34. The molecule has 140 valence electrons. The van der Waals surface area contributed by atoms with Crippen LogP contribution in [0.5, 0.6) is 0 Å². The Morgan fingerprint density at radius 3 is 2.42 bits per heavy atom. The zero-order chi connectivity index (χ0) is 19.2. The molecule has 0 aliphatic carbocycles. The Labute approximate surface area is 152 Å². The Morgan fingerprint density at radius 1 is 1.23 bits per heavy atom. The maximum absolute atomic E-state index is 15.6. The molecular formula is C19H23FNO4P. The number of aromatic nitrogens is 1. The van der Waals surface area contributed by atoms with Crippen molar-refractivity contribution in [3.05, 3.63) is 66.0 Å². The van der Waals surface area contributed by atoms with Gasteiger partial charge in [-0.1, -0.05) is 43.3 Å². The van der Waals surface area contributed by atoms with Gasteiger partial charge in [-0.05, 0) is 31.0 Å². The van der Waals surface area contributed by atoms with Gasteiger partial charge in [0.1, 0.15) is 5.41 Å². The van der Waals surface area contributed by atoms with Crippen LogP contribution in [0.15, 0.2) is 54.7 Å². The van der Waals surface area contributed by atoms with Crippen molar-refractivity contribution >= 4 is 13.3 Å². The number of hydrogen-bond acceptors (Lipinski definition) is 4. The Balaban J connectivity index is 2.50. The summed E-state index contributed by atoms with van der Waals surface area (Å²) < 4.78 is 33.6. The highest BCUT2D eigenvalue weighted by atomic mass is 31.2. The molecular weight excluding hydrogens is 356 g/mol. The Hall–Kier alpha value is -2.04. The first-order valence-corrected chi connectivity index (χ1v) is 10.4. The molecule has 2 rings (SSSR count). The third kappa shape index (κ3) is 4.02. The van der Waals surface area contributed by atoms with E-state index in [1.165, 1.54) is 12.3 Å². The molecule has 0 radical (unpaired) electrons. The highest BCUT2D eigenvalue weighted by Crippen LogP contribution is 2.58. The molecule has 2 aromatic rings. The van der Waals surface area contributed by atoms with Crippen LogP contribution in [0.3, 0.4) is 0 Å². The van der Waals surface area contributed by atoms with Crippen LogP contribution in [0.25, 0.3) is 0 Å². The smallest absolute Gasteiger partial charge is 0.321 e. The number of hydrogen-bond donors (Lipinski definition) is 1. The van der Waals surface area contributed by atoms with Gasteiger partial charge in [-0.3, -0.25) is 14.3 Å². The monoisotopic (exact) mass is 379 g/mol. The number of halogens is 1. The lowest BCUT2D eigenvalue weighted by Crippen LogP contribution is -2.46. The topological polar surface area (TPSA) is 76.5 Å². The van der Waals surface area contributed by atoms with E-state index in [2.05, 4.69) is 4.98 Å². The van der Waals surface area contributed by atoms with Gasteiger partial charge in [0.15, 0.2) is 5.91 Å². The van der Waals surface area contributed by atoms with Crippen molar-refractivity contribution in [2.45, 2.75) is 37.8 Å². The summed E-state index contributed by atoms with van der Waals surface area (Å²) in [5.41, 5.74) is -1.32. The standard InChI is InChI=1S/C19H23FNO4P/c1-3-19(18(22)25-4-2,16-12-8-9-13-21-16)17(20)26(23,24)14-15-10-6-5-7-11-15/h5-13,17H,3-4,14H2,1-2H3,(H,23,24). The van der Waals surface area contributed by atoms with Gasteiger partial charge in [-0.25, -0.2) is 4.39 Å². The van der Waals surface area contributed by atoms with Gasteiger partial charge in [-0.15, -0.1) is 0 Å². The molecule has 1 aromatic heterocycles. The highest BCUT2D eigenvalue weighted by Gasteiger charge is 2.56. The average molecular weight is 379 g/mol. The van der Waals surface area contributed by atoms with E-state index in [1.807, 2.05) is 0 Å². The Kier molecular flexibility index (Phi) is 6.68. The van der Waals surface area contributed by atoms with Crippen molar-refractivity contribution in [1.82, 2.24) is 4.98 Å². The van der Waals surface area contributed by atoms with Crippen molar-refractivity contribution in [2.24, 2.45) is 0 Å². The van der Waals surface area contributed by atoms with E-state index in [0.29, 0.717) is 5.56 Å². The molecule has 0 saturated heterocycles. The number of esters is 1. The minimum absolute atomic E-state index is 0.0363. The maximum Gasteiger partial charge on any atom is 0.321 e. The van der Waals surface area contributed by atoms with Crippen molar-refractivity contribution in [3.63, 3.8) is 0 Å². The number of nitrogens with zero attached hydrogens (tertiary/aromatic N) is 1. The second-order valence-electron chi connectivity index (χ2n) is 6.00. The van der Waals surface area contributed by atoms with Crippen LogP contribution in [0, 0.1) is 0 Å². The summed E-state index contributed by atoms with van der Waals surface area (Å²) in [7, 11) is -4.39. The largest absolute Gasteiger partial charge is 0.465 e. The molecule has 1 heterocycles. The zero-order valence-corrected chi connectivity index (χ0v) is 15.7. The van der Waals surface area contributed by atoms with E-state index in [9.17, 15) is 14.3 Å². The molecule has 0 aliphatic rings. The molecule has 0 amide bonds. The molecule has 3 atom stereocenters. The molecule has 0 fully saturated rings. The van der Waals surface area contributed by atoms with Crippen LogP contribution in [-0.4, -0.2) is 28.4 Å². The summed E-state index contributed by atoms with van der Waals surface area (Å²) in [5.74, 6) is -3.22. The fraction of sp³-hybridized carbons (Fsp3) is 0.368. The van der Waals surface area contributed by atoms with Gasteiger partial charge in [0, 0.05) is 6.20 Å². The van der Waals surface area contributed by atoms with Crippen LogP contribution in [0.1, 0.15) is 31.5 Å². The quantitative estimate of drug-likeness (QED) is 0.553. The van der Waals surface area contributed by atoms with E-state index in [4.69, 9.17) is 4.74 Å². The molecule has 0 saturated carbocycles. The number of pyridine rings is 1. The van der Waals surface area contributed by atoms with Gasteiger partial charge in [0.2, 0.25) is 7.37 Å². The zero-order valence-electron chi connectivity index (χ0n) is 14.8. The van der Waals surface area contributed by atoms with Crippen molar-refractivity contribution < 1.29 is 23.4 Å². The molecule has 0 aliphatic heterocycles. The molecule has 1 aromatic carbocycles. The molecule has 3 unspecified atom stereocenters. The van der Waals surface area contributed by atoms with Crippen LogP contribution >= 0.6 is 7.37 Å². The number of alkyl halides is 1. The summed E-state index contributed by atoms with van der Waals surface area (Å²) in [6.45, 7) is 3.22.